The van der Waals surface area contributed by atoms with Gasteiger partial charge in [-0.3, -0.25) is 4.79 Å². The average molecular weight is 275 g/mol. The van der Waals surface area contributed by atoms with E-state index in [2.05, 4.69) is 9.97 Å². The van der Waals surface area contributed by atoms with Gasteiger partial charge in [-0.1, -0.05) is 42.0 Å². The Balaban J connectivity index is 2.03. The van der Waals surface area contributed by atoms with Crippen molar-refractivity contribution in [1.82, 2.24) is 14.4 Å². The number of hydrogen-bond donors (Lipinski definition) is 1. The molecule has 2 aromatic carbocycles. The number of aryl methyl sites for hydroxylation is 1. The molecule has 1 N–H and O–H groups in total. The molecule has 4 nitrogen and oxygen atoms in total. The van der Waals surface area contributed by atoms with E-state index in [4.69, 9.17) is 0 Å². The van der Waals surface area contributed by atoms with Crippen molar-refractivity contribution < 1.29 is 0 Å². The molecule has 4 aromatic rings. The van der Waals surface area contributed by atoms with Crippen LogP contribution in [0.1, 0.15) is 5.56 Å². The maximum atomic E-state index is 12.4. The first kappa shape index (κ1) is 11.9. The van der Waals surface area contributed by atoms with Gasteiger partial charge < -0.3 is 4.98 Å². The summed E-state index contributed by atoms with van der Waals surface area (Å²) in [6.07, 6.45) is 0. The van der Waals surface area contributed by atoms with Gasteiger partial charge in [-0.15, -0.1) is 0 Å². The summed E-state index contributed by atoms with van der Waals surface area (Å²) in [5.41, 5.74) is 4.51. The van der Waals surface area contributed by atoms with E-state index in [0.29, 0.717) is 5.78 Å². The van der Waals surface area contributed by atoms with Gasteiger partial charge in [0.2, 0.25) is 5.78 Å². The van der Waals surface area contributed by atoms with Crippen molar-refractivity contribution in [2.24, 2.45) is 0 Å². The number of aromatic nitrogens is 3. The Kier molecular flexibility index (Phi) is 2.44. The number of rotatable bonds is 1. The average Bonchev–Trinajstić information content (AvgIpc) is 2.86. The van der Waals surface area contributed by atoms with Gasteiger partial charge in [0.1, 0.15) is 0 Å². The van der Waals surface area contributed by atoms with Gasteiger partial charge in [-0.2, -0.15) is 0 Å². The first-order chi connectivity index (χ1) is 10.2. The minimum absolute atomic E-state index is 0.0759. The summed E-state index contributed by atoms with van der Waals surface area (Å²) < 4.78 is 1.60. The second kappa shape index (κ2) is 4.31. The molecule has 0 atom stereocenters. The van der Waals surface area contributed by atoms with E-state index in [9.17, 15) is 4.79 Å². The normalized spacial score (nSPS) is 11.3. The molecule has 4 heteroatoms. The summed E-state index contributed by atoms with van der Waals surface area (Å²) >= 11 is 0. The van der Waals surface area contributed by atoms with E-state index in [0.717, 1.165) is 22.3 Å². The zero-order chi connectivity index (χ0) is 14.4. The van der Waals surface area contributed by atoms with Crippen molar-refractivity contribution in [2.75, 3.05) is 0 Å². The van der Waals surface area contributed by atoms with E-state index >= 15 is 0 Å². The molecule has 0 amide bonds. The number of imidazole rings is 1. The molecule has 21 heavy (non-hydrogen) atoms. The van der Waals surface area contributed by atoms with Crippen molar-refractivity contribution in [2.45, 2.75) is 6.92 Å². The van der Waals surface area contributed by atoms with E-state index < -0.39 is 0 Å². The van der Waals surface area contributed by atoms with Crippen LogP contribution in [-0.2, 0) is 0 Å². The van der Waals surface area contributed by atoms with Crippen LogP contribution in [0.2, 0.25) is 0 Å². The zero-order valence-corrected chi connectivity index (χ0v) is 11.5. The number of para-hydroxylation sites is 2. The van der Waals surface area contributed by atoms with Gasteiger partial charge in [0.05, 0.1) is 16.7 Å². The highest BCUT2D eigenvalue weighted by molar-refractivity contribution is 5.79. The molecule has 0 fully saturated rings. The van der Waals surface area contributed by atoms with Crippen molar-refractivity contribution in [3.05, 3.63) is 70.5 Å². The Morgan fingerprint density at radius 1 is 1.05 bits per heavy atom. The van der Waals surface area contributed by atoms with Crippen LogP contribution in [0.3, 0.4) is 0 Å². The maximum absolute atomic E-state index is 12.4. The third-order valence-corrected chi connectivity index (χ3v) is 3.66. The fraction of sp³-hybridized carbons (Fsp3) is 0.0588. The van der Waals surface area contributed by atoms with Crippen LogP contribution in [0.15, 0.2) is 59.4 Å². The summed E-state index contributed by atoms with van der Waals surface area (Å²) in [6.45, 7) is 2.04. The summed E-state index contributed by atoms with van der Waals surface area (Å²) in [5, 5.41) is 0. The smallest absolute Gasteiger partial charge is 0.260 e. The number of H-pyrrole nitrogens is 1. The van der Waals surface area contributed by atoms with Gasteiger partial charge in [0.25, 0.3) is 5.56 Å². The van der Waals surface area contributed by atoms with Crippen LogP contribution in [0.5, 0.6) is 0 Å². The fourth-order valence-corrected chi connectivity index (χ4v) is 2.57. The molecule has 0 aliphatic rings. The highest BCUT2D eigenvalue weighted by atomic mass is 16.1. The molecule has 2 heterocycles. The second-order valence-electron chi connectivity index (χ2n) is 5.15. The monoisotopic (exact) mass is 275 g/mol. The van der Waals surface area contributed by atoms with Gasteiger partial charge in [-0.05, 0) is 24.6 Å². The first-order valence-electron chi connectivity index (χ1n) is 6.80. The van der Waals surface area contributed by atoms with E-state index in [-0.39, 0.29) is 5.56 Å². The van der Waals surface area contributed by atoms with Crippen LogP contribution in [-0.4, -0.2) is 14.4 Å². The minimum atomic E-state index is -0.0759. The van der Waals surface area contributed by atoms with Crippen molar-refractivity contribution in [3.8, 4) is 11.3 Å². The topological polar surface area (TPSA) is 50.2 Å². The quantitative estimate of drug-likeness (QED) is 0.580. The Bertz CT molecular complexity index is 1010. The maximum Gasteiger partial charge on any atom is 0.260 e. The lowest BCUT2D eigenvalue weighted by Crippen LogP contribution is -2.12. The van der Waals surface area contributed by atoms with Crippen molar-refractivity contribution in [3.63, 3.8) is 0 Å². The Labute approximate surface area is 120 Å². The summed E-state index contributed by atoms with van der Waals surface area (Å²) in [4.78, 5) is 20.1. The van der Waals surface area contributed by atoms with Crippen LogP contribution in [0.4, 0.5) is 0 Å². The summed E-state index contributed by atoms with van der Waals surface area (Å²) in [7, 11) is 0. The molecule has 2 aromatic heterocycles. The van der Waals surface area contributed by atoms with Gasteiger partial charge in [0, 0.05) is 6.07 Å². The lowest BCUT2D eigenvalue weighted by atomic mass is 10.1. The van der Waals surface area contributed by atoms with Crippen LogP contribution >= 0.6 is 0 Å². The molecule has 0 radical (unpaired) electrons. The molecule has 0 aliphatic carbocycles. The molecule has 0 spiro atoms. The first-order valence-corrected chi connectivity index (χ1v) is 6.80. The van der Waals surface area contributed by atoms with Gasteiger partial charge >= 0.3 is 0 Å². The Morgan fingerprint density at radius 2 is 1.81 bits per heavy atom. The van der Waals surface area contributed by atoms with Crippen molar-refractivity contribution in [1.29, 1.82) is 0 Å². The lowest BCUT2D eigenvalue weighted by Gasteiger charge is -2.03. The molecular weight excluding hydrogens is 262 g/mol. The molecule has 0 unspecified atom stereocenters. The van der Waals surface area contributed by atoms with Crippen LogP contribution in [0.25, 0.3) is 28.1 Å². The summed E-state index contributed by atoms with van der Waals surface area (Å²) in [5.74, 6) is 0.569. The standard InChI is InChI=1S/C17H13N3O/c1-11-6-8-12(9-7-11)14-10-16(21)20-15-5-3-2-4-13(15)18-17(20)19-14/h2-10H,1H3,(H,18,19). The van der Waals surface area contributed by atoms with E-state index in [1.54, 1.807) is 10.5 Å². The van der Waals surface area contributed by atoms with Gasteiger partial charge in [-0.25, -0.2) is 9.38 Å². The lowest BCUT2D eigenvalue weighted by molar-refractivity contribution is 1.08. The molecule has 102 valence electrons. The molecular formula is C17H13N3O. The number of nitrogens with zero attached hydrogens (tertiary/aromatic N) is 2. The number of benzene rings is 2. The predicted molar refractivity (Wildman–Crippen MR) is 83.5 cm³/mol. The van der Waals surface area contributed by atoms with E-state index in [1.165, 1.54) is 5.56 Å². The molecule has 0 saturated heterocycles. The number of nitrogens with one attached hydrogen (secondary N) is 1. The number of hydrogen-bond acceptors (Lipinski definition) is 2. The SMILES string of the molecule is Cc1ccc(-c2cc(=O)n3c(nc4ccccc43)[nH]2)cc1. The van der Waals surface area contributed by atoms with E-state index in [1.807, 2.05) is 55.5 Å². The number of aromatic amines is 1. The van der Waals surface area contributed by atoms with Gasteiger partial charge in [0.15, 0.2) is 0 Å². The molecule has 0 aliphatic heterocycles. The fourth-order valence-electron chi connectivity index (χ4n) is 2.57. The van der Waals surface area contributed by atoms with Crippen LogP contribution in [0, 0.1) is 6.92 Å². The third kappa shape index (κ3) is 1.84. The second-order valence-corrected chi connectivity index (χ2v) is 5.15. The highest BCUT2D eigenvalue weighted by Crippen LogP contribution is 2.19. The largest absolute Gasteiger partial charge is 0.324 e. The molecule has 0 saturated carbocycles. The Hall–Kier alpha value is -2.88. The summed E-state index contributed by atoms with van der Waals surface area (Å²) in [6, 6.07) is 17.3. The minimum Gasteiger partial charge on any atom is -0.324 e. The zero-order valence-electron chi connectivity index (χ0n) is 11.5. The highest BCUT2D eigenvalue weighted by Gasteiger charge is 2.09. The molecule has 4 rings (SSSR count). The molecule has 0 bridgehead atoms. The third-order valence-electron chi connectivity index (χ3n) is 3.66. The Morgan fingerprint density at radius 3 is 2.62 bits per heavy atom. The van der Waals surface area contributed by atoms with Crippen molar-refractivity contribution >= 4 is 16.8 Å². The predicted octanol–water partition coefficient (Wildman–Crippen LogP) is 3.15. The number of fused-ring (bicyclic) bond motifs is 3. The van der Waals surface area contributed by atoms with Crippen LogP contribution < -0.4 is 5.56 Å².